The molecular formula is C12H16Si. The number of hydrogen-bond acceptors (Lipinski definition) is 0. The molecule has 0 radical (unpaired) electrons. The summed E-state index contributed by atoms with van der Waals surface area (Å²) in [5.74, 6) is 0. The van der Waals surface area contributed by atoms with Crippen molar-refractivity contribution < 1.29 is 0 Å². The molecule has 1 atom stereocenters. The van der Waals surface area contributed by atoms with Crippen LogP contribution in [0.4, 0.5) is 0 Å². The lowest BCUT2D eigenvalue weighted by Crippen LogP contribution is -2.03. The normalized spacial score (nSPS) is 20.8. The monoisotopic (exact) mass is 188 g/mol. The zero-order valence-electron chi connectivity index (χ0n) is 8.59. The Morgan fingerprint density at radius 3 is 2.69 bits per heavy atom. The van der Waals surface area contributed by atoms with E-state index in [1.54, 1.807) is 11.1 Å². The summed E-state index contributed by atoms with van der Waals surface area (Å²) in [5, 5.41) is 0. The third-order valence-corrected chi connectivity index (χ3v) is 4.96. The smallest absolute Gasteiger partial charge is 0.0308 e. The Morgan fingerprint density at radius 2 is 2.00 bits per heavy atom. The molecule has 0 saturated heterocycles. The summed E-state index contributed by atoms with van der Waals surface area (Å²) >= 11 is 0. The quantitative estimate of drug-likeness (QED) is 0.594. The molecule has 68 valence electrons. The molecule has 13 heavy (non-hydrogen) atoms. The van der Waals surface area contributed by atoms with Gasteiger partial charge in [0, 0.05) is 9.52 Å². The van der Waals surface area contributed by atoms with Crippen LogP contribution in [0, 0.1) is 6.92 Å². The van der Waals surface area contributed by atoms with Gasteiger partial charge in [-0.15, -0.1) is 0 Å². The molecule has 0 nitrogen and oxygen atoms in total. The number of allylic oxidation sites excluding steroid dienone is 1. The van der Waals surface area contributed by atoms with Crippen LogP contribution >= 0.6 is 0 Å². The molecule has 0 spiro atoms. The van der Waals surface area contributed by atoms with Crippen molar-refractivity contribution in [3.05, 3.63) is 40.5 Å². The fourth-order valence-electron chi connectivity index (χ4n) is 2.32. The molecular weight excluding hydrogens is 172 g/mol. The van der Waals surface area contributed by atoms with Gasteiger partial charge in [0.05, 0.1) is 0 Å². The van der Waals surface area contributed by atoms with Gasteiger partial charge in [0.25, 0.3) is 0 Å². The van der Waals surface area contributed by atoms with Crippen LogP contribution in [0.5, 0.6) is 0 Å². The van der Waals surface area contributed by atoms with E-state index in [0.717, 1.165) is 5.54 Å². The number of fused-ring (bicyclic) bond motifs is 1. The molecule has 1 aromatic rings. The lowest BCUT2D eigenvalue weighted by molar-refractivity contribution is 1.12. The van der Waals surface area contributed by atoms with Gasteiger partial charge in [-0.1, -0.05) is 36.4 Å². The lowest BCUT2D eigenvalue weighted by Gasteiger charge is -2.11. The molecule has 0 amide bonds. The third-order valence-electron chi connectivity index (χ3n) is 3.06. The van der Waals surface area contributed by atoms with E-state index in [2.05, 4.69) is 44.7 Å². The van der Waals surface area contributed by atoms with E-state index < -0.39 is 0 Å². The van der Waals surface area contributed by atoms with E-state index in [1.165, 1.54) is 11.1 Å². The van der Waals surface area contributed by atoms with Crippen molar-refractivity contribution in [2.24, 2.45) is 0 Å². The second-order valence-corrected chi connectivity index (χ2v) is 5.56. The van der Waals surface area contributed by atoms with Crippen LogP contribution in [-0.2, 0) is 0 Å². The molecule has 0 aromatic heterocycles. The van der Waals surface area contributed by atoms with E-state index in [-0.39, 0.29) is 9.52 Å². The molecule has 1 unspecified atom stereocenters. The predicted octanol–water partition coefficient (Wildman–Crippen LogP) is 2.67. The molecule has 0 bridgehead atoms. The van der Waals surface area contributed by atoms with Crippen molar-refractivity contribution in [2.75, 3.05) is 0 Å². The van der Waals surface area contributed by atoms with E-state index in [0.29, 0.717) is 0 Å². The van der Waals surface area contributed by atoms with Gasteiger partial charge in [-0.25, -0.2) is 0 Å². The van der Waals surface area contributed by atoms with Gasteiger partial charge in [0.15, 0.2) is 0 Å². The summed E-state index contributed by atoms with van der Waals surface area (Å²) in [6.07, 6.45) is 2.38. The molecule has 0 aliphatic heterocycles. The first-order chi connectivity index (χ1) is 6.24. The first-order valence-corrected chi connectivity index (χ1v) is 7.24. The van der Waals surface area contributed by atoms with Crippen LogP contribution in [-0.4, -0.2) is 9.52 Å². The SMILES string of the molecule is C[SiH2]C1C(C)=Cc2c(C)cccc21. The van der Waals surface area contributed by atoms with Crippen molar-refractivity contribution in [1.29, 1.82) is 0 Å². The van der Waals surface area contributed by atoms with Gasteiger partial charge in [-0.2, -0.15) is 0 Å². The molecule has 2 rings (SSSR count). The molecule has 1 aliphatic rings. The summed E-state index contributed by atoms with van der Waals surface area (Å²) < 4.78 is 0. The number of hydrogen-bond donors (Lipinski definition) is 0. The highest BCUT2D eigenvalue weighted by atomic mass is 28.2. The third kappa shape index (κ3) is 1.27. The summed E-state index contributed by atoms with van der Waals surface area (Å²) in [5.41, 5.74) is 6.92. The Morgan fingerprint density at radius 1 is 1.23 bits per heavy atom. The fourth-order valence-corrected chi connectivity index (χ4v) is 3.88. The minimum Gasteiger partial charge on any atom is -0.0740 e. The maximum Gasteiger partial charge on any atom is 0.0308 e. The van der Waals surface area contributed by atoms with E-state index in [4.69, 9.17) is 0 Å². The first-order valence-electron chi connectivity index (χ1n) is 5.01. The molecule has 1 aromatic carbocycles. The lowest BCUT2D eigenvalue weighted by atomic mass is 10.0. The van der Waals surface area contributed by atoms with E-state index >= 15 is 0 Å². The zero-order valence-corrected chi connectivity index (χ0v) is 10.0. The van der Waals surface area contributed by atoms with Gasteiger partial charge in [-0.05, 0) is 36.1 Å². The number of aryl methyl sites for hydroxylation is 1. The van der Waals surface area contributed by atoms with Crippen LogP contribution < -0.4 is 0 Å². The standard InChI is InChI=1S/C12H16Si/c1-8-5-4-6-10-11(8)7-9(2)12(10)13-3/h4-7,12H,13H2,1-3H3. The average molecular weight is 188 g/mol. The fraction of sp³-hybridized carbons (Fsp3) is 0.333. The van der Waals surface area contributed by atoms with Gasteiger partial charge in [-0.3, -0.25) is 0 Å². The second kappa shape index (κ2) is 3.15. The number of rotatable bonds is 1. The van der Waals surface area contributed by atoms with Crippen molar-refractivity contribution in [3.8, 4) is 0 Å². The van der Waals surface area contributed by atoms with Crippen molar-refractivity contribution in [1.82, 2.24) is 0 Å². The van der Waals surface area contributed by atoms with Crippen LogP contribution in [0.3, 0.4) is 0 Å². The highest BCUT2D eigenvalue weighted by molar-refractivity contribution is 6.38. The maximum absolute atomic E-state index is 2.40. The molecule has 0 N–H and O–H groups in total. The van der Waals surface area contributed by atoms with E-state index in [9.17, 15) is 0 Å². The van der Waals surface area contributed by atoms with E-state index in [1.807, 2.05) is 0 Å². The van der Waals surface area contributed by atoms with Gasteiger partial charge >= 0.3 is 0 Å². The van der Waals surface area contributed by atoms with Crippen molar-refractivity contribution in [3.63, 3.8) is 0 Å². The summed E-state index contributed by atoms with van der Waals surface area (Å²) in [4.78, 5) is 0. The zero-order chi connectivity index (χ0) is 9.42. The Balaban J connectivity index is 2.57. The molecule has 0 fully saturated rings. The number of benzene rings is 1. The first kappa shape index (κ1) is 8.76. The Labute approximate surface area is 82.5 Å². The van der Waals surface area contributed by atoms with Crippen molar-refractivity contribution in [2.45, 2.75) is 25.9 Å². The maximum atomic E-state index is 2.40. The van der Waals surface area contributed by atoms with Gasteiger partial charge in [0.1, 0.15) is 0 Å². The van der Waals surface area contributed by atoms with Gasteiger partial charge < -0.3 is 0 Å². The molecule has 0 heterocycles. The summed E-state index contributed by atoms with van der Waals surface area (Å²) in [6.45, 7) is 6.89. The second-order valence-electron chi connectivity index (χ2n) is 3.93. The van der Waals surface area contributed by atoms with Crippen LogP contribution in [0.2, 0.25) is 6.55 Å². The topological polar surface area (TPSA) is 0 Å². The minimum atomic E-state index is 0.0500. The Bertz CT molecular complexity index is 363. The summed E-state index contributed by atoms with van der Waals surface area (Å²) in [7, 11) is 0.0500. The average Bonchev–Trinajstić information content (AvgIpc) is 2.43. The van der Waals surface area contributed by atoms with Crippen LogP contribution in [0.25, 0.3) is 6.08 Å². The molecule has 1 heteroatoms. The molecule has 0 saturated carbocycles. The Hall–Kier alpha value is -0.823. The highest BCUT2D eigenvalue weighted by Gasteiger charge is 2.21. The minimum absolute atomic E-state index is 0.0500. The largest absolute Gasteiger partial charge is 0.0740 e. The predicted molar refractivity (Wildman–Crippen MR) is 62.0 cm³/mol. The van der Waals surface area contributed by atoms with Gasteiger partial charge in [0.2, 0.25) is 0 Å². The molecule has 1 aliphatic carbocycles. The highest BCUT2D eigenvalue weighted by Crippen LogP contribution is 2.36. The van der Waals surface area contributed by atoms with Crippen LogP contribution in [0.1, 0.15) is 29.2 Å². The summed E-state index contributed by atoms with van der Waals surface area (Å²) in [6, 6.07) is 6.70. The van der Waals surface area contributed by atoms with Crippen molar-refractivity contribution >= 4 is 15.6 Å². The Kier molecular flexibility index (Phi) is 2.12. The van der Waals surface area contributed by atoms with Crippen LogP contribution in [0.15, 0.2) is 23.8 Å².